The highest BCUT2D eigenvalue weighted by atomic mass is 32.2. The molecular weight excluding hydrogens is 484 g/mol. The topological polar surface area (TPSA) is 100 Å². The van der Waals surface area contributed by atoms with Crippen LogP contribution < -0.4 is 18.7 Å². The lowest BCUT2D eigenvalue weighted by atomic mass is 10.1. The van der Waals surface area contributed by atoms with Gasteiger partial charge < -0.3 is 18.7 Å². The fourth-order valence-corrected chi connectivity index (χ4v) is 5.27. The maximum atomic E-state index is 14.1. The van der Waals surface area contributed by atoms with Gasteiger partial charge in [-0.1, -0.05) is 30.3 Å². The fourth-order valence-electron chi connectivity index (χ4n) is 3.84. The van der Waals surface area contributed by atoms with E-state index in [1.54, 1.807) is 43.5 Å². The van der Waals surface area contributed by atoms with E-state index in [0.717, 1.165) is 15.6 Å². The van der Waals surface area contributed by atoms with Crippen LogP contribution in [0.15, 0.2) is 64.0 Å². The van der Waals surface area contributed by atoms with E-state index in [1.165, 1.54) is 14.2 Å². The van der Waals surface area contributed by atoms with Crippen molar-refractivity contribution < 1.29 is 32.0 Å². The summed E-state index contributed by atoms with van der Waals surface area (Å²) in [6, 6.07) is 15.6. The molecule has 4 rings (SSSR count). The predicted molar refractivity (Wildman–Crippen MR) is 135 cm³/mol. The minimum absolute atomic E-state index is 0.0135. The third kappa shape index (κ3) is 4.69. The van der Waals surface area contributed by atoms with Crippen LogP contribution in [0.1, 0.15) is 23.6 Å². The summed E-state index contributed by atoms with van der Waals surface area (Å²) in [7, 11) is 0.175. The first-order valence-electron chi connectivity index (χ1n) is 11.2. The highest BCUT2D eigenvalue weighted by molar-refractivity contribution is 7.92. The first-order chi connectivity index (χ1) is 17.3. The molecule has 1 heterocycles. The van der Waals surface area contributed by atoms with Crippen molar-refractivity contribution in [1.29, 1.82) is 0 Å². The van der Waals surface area contributed by atoms with Crippen LogP contribution in [0.25, 0.3) is 11.0 Å². The second-order valence-corrected chi connectivity index (χ2v) is 9.70. The zero-order chi connectivity index (χ0) is 25.9. The SMILES string of the molecule is CCc1ccc(OC)c(S(=O)(=O)N(OCc2ccc(OC)cc2OC)c2noc3cccc(C)c23)c1. The number of ether oxygens (including phenoxy) is 3. The highest BCUT2D eigenvalue weighted by Crippen LogP contribution is 2.36. The third-order valence-corrected chi connectivity index (χ3v) is 7.42. The molecule has 0 aliphatic rings. The summed E-state index contributed by atoms with van der Waals surface area (Å²) in [6.45, 7) is 3.65. The Bertz CT molecular complexity index is 1480. The summed E-state index contributed by atoms with van der Waals surface area (Å²) >= 11 is 0. The molecule has 0 aliphatic carbocycles. The van der Waals surface area contributed by atoms with Crippen molar-refractivity contribution in [2.75, 3.05) is 25.8 Å². The number of aromatic nitrogens is 1. The number of aryl methyl sites for hydroxylation is 2. The van der Waals surface area contributed by atoms with E-state index in [-0.39, 0.29) is 23.1 Å². The van der Waals surface area contributed by atoms with Crippen LogP contribution in [0.4, 0.5) is 5.82 Å². The van der Waals surface area contributed by atoms with E-state index in [2.05, 4.69) is 5.16 Å². The zero-order valence-electron chi connectivity index (χ0n) is 20.8. The van der Waals surface area contributed by atoms with Crippen LogP contribution in [-0.4, -0.2) is 34.9 Å². The van der Waals surface area contributed by atoms with Gasteiger partial charge in [0.25, 0.3) is 10.0 Å². The van der Waals surface area contributed by atoms with Gasteiger partial charge in [-0.2, -0.15) is 8.42 Å². The molecule has 0 saturated heterocycles. The van der Waals surface area contributed by atoms with Gasteiger partial charge in [0, 0.05) is 11.6 Å². The van der Waals surface area contributed by atoms with Gasteiger partial charge in [-0.05, 0) is 54.8 Å². The smallest absolute Gasteiger partial charge is 0.292 e. The standard InChI is InChI=1S/C26H28N2O7S/c1-6-18-10-13-21(32-4)24(14-18)36(29,30)28(26-25-17(2)8-7-9-22(25)35-27-26)34-16-19-11-12-20(31-3)15-23(19)33-5/h7-15H,6,16H2,1-5H3. The number of sulfonamides is 1. The maximum absolute atomic E-state index is 14.1. The van der Waals surface area contributed by atoms with Crippen molar-refractivity contribution >= 4 is 26.8 Å². The van der Waals surface area contributed by atoms with Crippen LogP contribution >= 0.6 is 0 Å². The molecule has 36 heavy (non-hydrogen) atoms. The molecule has 4 aromatic rings. The molecule has 0 atom stereocenters. The normalized spacial score (nSPS) is 11.5. The lowest BCUT2D eigenvalue weighted by Gasteiger charge is -2.23. The van der Waals surface area contributed by atoms with Crippen molar-refractivity contribution in [3.63, 3.8) is 0 Å². The summed E-state index contributed by atoms with van der Waals surface area (Å²) in [5.41, 5.74) is 2.65. The Labute approximate surface area is 210 Å². The number of nitrogens with zero attached hydrogens (tertiary/aromatic N) is 2. The molecule has 9 nitrogen and oxygen atoms in total. The van der Waals surface area contributed by atoms with Crippen molar-refractivity contribution in [3.8, 4) is 17.2 Å². The zero-order valence-corrected chi connectivity index (χ0v) is 21.6. The monoisotopic (exact) mass is 512 g/mol. The van der Waals surface area contributed by atoms with Gasteiger partial charge in [0.15, 0.2) is 5.58 Å². The van der Waals surface area contributed by atoms with Gasteiger partial charge in [0.2, 0.25) is 5.82 Å². The first-order valence-corrected chi connectivity index (χ1v) is 12.7. The van der Waals surface area contributed by atoms with Gasteiger partial charge >= 0.3 is 0 Å². The first kappa shape index (κ1) is 25.3. The molecule has 0 saturated carbocycles. The van der Waals surface area contributed by atoms with E-state index < -0.39 is 10.0 Å². The van der Waals surface area contributed by atoms with Crippen molar-refractivity contribution in [2.24, 2.45) is 0 Å². The van der Waals surface area contributed by atoms with Gasteiger partial charge in [0.05, 0.1) is 26.7 Å². The fraction of sp³-hybridized carbons (Fsp3) is 0.269. The third-order valence-electron chi connectivity index (χ3n) is 5.83. The minimum Gasteiger partial charge on any atom is -0.497 e. The second kappa shape index (κ2) is 10.5. The molecule has 0 aliphatic heterocycles. The Kier molecular flexibility index (Phi) is 7.37. The number of rotatable bonds is 10. The maximum Gasteiger partial charge on any atom is 0.292 e. The van der Waals surface area contributed by atoms with E-state index in [9.17, 15) is 8.42 Å². The molecule has 0 N–H and O–H groups in total. The van der Waals surface area contributed by atoms with Gasteiger partial charge in [-0.15, -0.1) is 4.47 Å². The number of anilines is 1. The Morgan fingerprint density at radius 2 is 1.72 bits per heavy atom. The van der Waals surface area contributed by atoms with Crippen molar-refractivity contribution in [3.05, 3.63) is 71.3 Å². The van der Waals surface area contributed by atoms with Crippen LogP contribution in [0, 0.1) is 6.92 Å². The summed E-state index contributed by atoms with van der Waals surface area (Å²) < 4.78 is 50.6. The molecule has 190 valence electrons. The minimum atomic E-state index is -4.31. The summed E-state index contributed by atoms with van der Waals surface area (Å²) in [5.74, 6) is 1.28. The van der Waals surface area contributed by atoms with Crippen molar-refractivity contribution in [1.82, 2.24) is 5.16 Å². The van der Waals surface area contributed by atoms with E-state index in [4.69, 9.17) is 23.6 Å². The molecule has 10 heteroatoms. The molecule has 0 unspecified atom stereocenters. The van der Waals surface area contributed by atoms with E-state index in [0.29, 0.717) is 34.5 Å². The Morgan fingerprint density at radius 1 is 0.944 bits per heavy atom. The van der Waals surface area contributed by atoms with Crippen molar-refractivity contribution in [2.45, 2.75) is 31.8 Å². The second-order valence-electron chi connectivity index (χ2n) is 7.98. The Balaban J connectivity index is 1.85. The van der Waals surface area contributed by atoms with Gasteiger partial charge in [-0.25, -0.2) is 0 Å². The average Bonchev–Trinajstić information content (AvgIpc) is 3.33. The molecule has 0 amide bonds. The van der Waals surface area contributed by atoms with E-state index in [1.807, 2.05) is 32.0 Å². The highest BCUT2D eigenvalue weighted by Gasteiger charge is 2.34. The lowest BCUT2D eigenvalue weighted by molar-refractivity contribution is 0.130. The number of hydrogen-bond donors (Lipinski definition) is 0. The van der Waals surface area contributed by atoms with Crippen LogP contribution in [-0.2, 0) is 27.9 Å². The largest absolute Gasteiger partial charge is 0.497 e. The average molecular weight is 513 g/mol. The molecule has 0 spiro atoms. The molecule has 0 radical (unpaired) electrons. The molecule has 3 aromatic carbocycles. The Hall–Kier alpha value is -3.76. The number of fused-ring (bicyclic) bond motifs is 1. The van der Waals surface area contributed by atoms with Crippen LogP contribution in [0.3, 0.4) is 0 Å². The van der Waals surface area contributed by atoms with Crippen LogP contribution in [0.2, 0.25) is 0 Å². The van der Waals surface area contributed by atoms with E-state index >= 15 is 0 Å². The van der Waals surface area contributed by atoms with Gasteiger partial charge in [-0.3, -0.25) is 4.84 Å². The molecular formula is C26H28N2O7S. The Morgan fingerprint density at radius 3 is 2.42 bits per heavy atom. The quantitative estimate of drug-likeness (QED) is 0.272. The summed E-state index contributed by atoms with van der Waals surface area (Å²) in [6.07, 6.45) is 0.641. The molecule has 1 aromatic heterocycles. The number of hydrogen-bond acceptors (Lipinski definition) is 8. The lowest BCUT2D eigenvalue weighted by Crippen LogP contribution is -2.32. The van der Waals surface area contributed by atoms with Crippen LogP contribution in [0.5, 0.6) is 17.2 Å². The molecule has 0 bridgehead atoms. The summed E-state index contributed by atoms with van der Waals surface area (Å²) in [5, 5.41) is 4.60. The number of methoxy groups -OCH3 is 3. The number of benzene rings is 3. The molecule has 0 fully saturated rings. The predicted octanol–water partition coefficient (Wildman–Crippen LogP) is 5.05. The van der Waals surface area contributed by atoms with Gasteiger partial charge in [0.1, 0.15) is 28.8 Å². The summed E-state index contributed by atoms with van der Waals surface area (Å²) in [4.78, 5) is 5.94.